The molecule has 0 N–H and O–H groups in total. The minimum absolute atomic E-state index is 0.155. The van der Waals surface area contributed by atoms with Gasteiger partial charge in [0, 0.05) is 0 Å². The number of allylic oxidation sites excluding steroid dienone is 1. The molecule has 3 nitrogen and oxygen atoms in total. The van der Waals surface area contributed by atoms with E-state index in [1.807, 2.05) is 0 Å². The van der Waals surface area contributed by atoms with E-state index in [1.165, 1.54) is 63.2 Å². The Morgan fingerprint density at radius 1 is 1.03 bits per heavy atom. The predicted molar refractivity (Wildman–Crippen MR) is 133 cm³/mol. The molecule has 184 valence electrons. The average molecular weight is 465 g/mol. The van der Waals surface area contributed by atoms with Crippen LogP contribution in [-0.4, -0.2) is 20.8 Å². The van der Waals surface area contributed by atoms with Crippen molar-refractivity contribution in [2.75, 3.05) is 6.26 Å². The summed E-state index contributed by atoms with van der Waals surface area (Å²) in [6.45, 7) is 12.4. The molecule has 8 unspecified atom stereocenters. The Labute approximate surface area is 198 Å². The van der Waals surface area contributed by atoms with Gasteiger partial charge in [0.2, 0.25) is 0 Å². The number of rotatable bonds is 7. The molecule has 0 spiro atoms. The zero-order valence-electron chi connectivity index (χ0n) is 21.5. The maximum atomic E-state index is 11.7. The molecule has 3 saturated carbocycles. The molecule has 0 aromatic carbocycles. The van der Waals surface area contributed by atoms with Gasteiger partial charge in [-0.2, -0.15) is 8.42 Å². The van der Waals surface area contributed by atoms with Crippen molar-refractivity contribution >= 4 is 10.1 Å². The SMILES string of the molecule is CC(C)CCCC(C)C1CCC2C3CC=C4CC(OS(C)(=O)=O)CCC4(C)C3CCC12C. The normalized spacial score (nSPS) is 42.7. The molecule has 4 aliphatic carbocycles. The van der Waals surface area contributed by atoms with Gasteiger partial charge >= 0.3 is 0 Å². The highest BCUT2D eigenvalue weighted by atomic mass is 32.2. The van der Waals surface area contributed by atoms with Crippen molar-refractivity contribution in [1.29, 1.82) is 0 Å². The highest BCUT2D eigenvalue weighted by molar-refractivity contribution is 7.86. The van der Waals surface area contributed by atoms with Crippen LogP contribution < -0.4 is 0 Å². The lowest BCUT2D eigenvalue weighted by atomic mass is 9.47. The van der Waals surface area contributed by atoms with Gasteiger partial charge in [-0.1, -0.05) is 65.5 Å². The van der Waals surface area contributed by atoms with E-state index >= 15 is 0 Å². The van der Waals surface area contributed by atoms with Gasteiger partial charge in [0.05, 0.1) is 12.4 Å². The molecule has 0 amide bonds. The highest BCUT2D eigenvalue weighted by Crippen LogP contribution is 2.67. The minimum Gasteiger partial charge on any atom is -0.267 e. The maximum absolute atomic E-state index is 11.7. The van der Waals surface area contributed by atoms with Crippen molar-refractivity contribution in [2.45, 2.75) is 111 Å². The van der Waals surface area contributed by atoms with Gasteiger partial charge in [0.15, 0.2) is 0 Å². The zero-order chi connectivity index (χ0) is 23.3. The summed E-state index contributed by atoms with van der Waals surface area (Å²) in [5.41, 5.74) is 2.28. The van der Waals surface area contributed by atoms with Crippen LogP contribution in [0.1, 0.15) is 105 Å². The van der Waals surface area contributed by atoms with Gasteiger partial charge in [-0.15, -0.1) is 0 Å². The monoisotopic (exact) mass is 464 g/mol. The molecule has 4 rings (SSSR count). The zero-order valence-corrected chi connectivity index (χ0v) is 22.3. The first-order valence-corrected chi connectivity index (χ1v) is 15.3. The summed E-state index contributed by atoms with van der Waals surface area (Å²) in [4.78, 5) is 0. The van der Waals surface area contributed by atoms with Gasteiger partial charge < -0.3 is 0 Å². The number of hydrogen-bond donors (Lipinski definition) is 0. The predicted octanol–water partition coefficient (Wildman–Crippen LogP) is 7.37. The molecule has 8 atom stereocenters. The lowest BCUT2D eigenvalue weighted by Gasteiger charge is -2.58. The van der Waals surface area contributed by atoms with Crippen LogP contribution in [-0.2, 0) is 14.3 Å². The fourth-order valence-corrected chi connectivity index (χ4v) is 9.64. The third-order valence-corrected chi connectivity index (χ3v) is 11.2. The van der Waals surface area contributed by atoms with E-state index < -0.39 is 10.1 Å². The van der Waals surface area contributed by atoms with Crippen LogP contribution in [0.2, 0.25) is 0 Å². The summed E-state index contributed by atoms with van der Waals surface area (Å²) in [5, 5.41) is 0. The van der Waals surface area contributed by atoms with Gasteiger partial charge in [-0.25, -0.2) is 0 Å². The summed E-state index contributed by atoms with van der Waals surface area (Å²) in [6.07, 6.45) is 17.3. The third-order valence-electron chi connectivity index (χ3n) is 10.6. The Morgan fingerprint density at radius 2 is 1.78 bits per heavy atom. The van der Waals surface area contributed by atoms with E-state index in [9.17, 15) is 8.42 Å². The summed E-state index contributed by atoms with van der Waals surface area (Å²) in [5.74, 6) is 5.05. The van der Waals surface area contributed by atoms with Crippen molar-refractivity contribution < 1.29 is 12.6 Å². The Kier molecular flexibility index (Phi) is 6.98. The summed E-state index contributed by atoms with van der Waals surface area (Å²) >= 11 is 0. The fourth-order valence-electron chi connectivity index (χ4n) is 8.98. The molecule has 0 bridgehead atoms. The van der Waals surface area contributed by atoms with E-state index in [2.05, 4.69) is 40.7 Å². The van der Waals surface area contributed by atoms with Crippen LogP contribution in [0.3, 0.4) is 0 Å². The van der Waals surface area contributed by atoms with Crippen LogP contribution in [0.4, 0.5) is 0 Å². The Balaban J connectivity index is 1.47. The molecule has 0 aromatic rings. The quantitative estimate of drug-likeness (QED) is 0.292. The summed E-state index contributed by atoms with van der Waals surface area (Å²) in [7, 11) is -3.38. The largest absolute Gasteiger partial charge is 0.267 e. The lowest BCUT2D eigenvalue weighted by molar-refractivity contribution is -0.0556. The molecule has 0 aliphatic heterocycles. The molecule has 4 aliphatic rings. The second-order valence-electron chi connectivity index (χ2n) is 13.0. The van der Waals surface area contributed by atoms with E-state index in [-0.39, 0.29) is 11.5 Å². The second kappa shape index (κ2) is 9.02. The first-order valence-electron chi connectivity index (χ1n) is 13.5. The molecule has 0 aromatic heterocycles. The minimum atomic E-state index is -3.38. The summed E-state index contributed by atoms with van der Waals surface area (Å²) in [6, 6.07) is 0. The standard InChI is InChI=1S/C28H48O3S/c1-19(2)8-7-9-20(3)24-12-13-25-23-11-10-21-18-22(31-32(6,29)30)14-16-27(21,4)26(23)15-17-28(24,25)5/h10,19-20,22-26H,7-9,11-18H2,1-6H3. The van der Waals surface area contributed by atoms with Crippen molar-refractivity contribution in [3.63, 3.8) is 0 Å². The molecule has 4 heteroatoms. The van der Waals surface area contributed by atoms with Crippen molar-refractivity contribution in [3.8, 4) is 0 Å². The Bertz CT molecular complexity index is 815. The Morgan fingerprint density at radius 3 is 2.47 bits per heavy atom. The highest BCUT2D eigenvalue weighted by Gasteiger charge is 2.59. The molecule has 0 radical (unpaired) electrons. The molecule has 0 heterocycles. The average Bonchev–Trinajstić information content (AvgIpc) is 3.04. The van der Waals surface area contributed by atoms with E-state index in [1.54, 1.807) is 0 Å². The molecule has 0 saturated heterocycles. The molecule has 3 fully saturated rings. The topological polar surface area (TPSA) is 43.4 Å². The summed E-state index contributed by atoms with van der Waals surface area (Å²) < 4.78 is 28.8. The van der Waals surface area contributed by atoms with Crippen LogP contribution in [0.25, 0.3) is 0 Å². The van der Waals surface area contributed by atoms with E-state index in [4.69, 9.17) is 4.18 Å². The Hall–Kier alpha value is -0.350. The first-order chi connectivity index (χ1) is 14.9. The van der Waals surface area contributed by atoms with Crippen molar-refractivity contribution in [3.05, 3.63) is 11.6 Å². The third kappa shape index (κ3) is 4.61. The van der Waals surface area contributed by atoms with Gasteiger partial charge in [0.1, 0.15) is 0 Å². The van der Waals surface area contributed by atoms with Gasteiger partial charge in [-0.3, -0.25) is 4.18 Å². The molecule has 32 heavy (non-hydrogen) atoms. The van der Waals surface area contributed by atoms with Crippen LogP contribution >= 0.6 is 0 Å². The van der Waals surface area contributed by atoms with E-state index in [0.29, 0.717) is 5.41 Å². The first kappa shape index (κ1) is 24.8. The molecular formula is C28H48O3S. The smallest absolute Gasteiger partial charge is 0.264 e. The maximum Gasteiger partial charge on any atom is 0.264 e. The van der Waals surface area contributed by atoms with Crippen molar-refractivity contribution in [2.24, 2.45) is 46.3 Å². The van der Waals surface area contributed by atoms with Crippen LogP contribution in [0.15, 0.2) is 11.6 Å². The number of hydrogen-bond acceptors (Lipinski definition) is 3. The number of fused-ring (bicyclic) bond motifs is 5. The van der Waals surface area contributed by atoms with Crippen molar-refractivity contribution in [1.82, 2.24) is 0 Å². The van der Waals surface area contributed by atoms with E-state index in [0.717, 1.165) is 54.8 Å². The van der Waals surface area contributed by atoms with Crippen LogP contribution in [0, 0.1) is 46.3 Å². The fraction of sp³-hybridized carbons (Fsp3) is 0.929. The molecular weight excluding hydrogens is 416 g/mol. The van der Waals surface area contributed by atoms with Gasteiger partial charge in [-0.05, 0) is 97.7 Å². The lowest BCUT2D eigenvalue weighted by Crippen LogP contribution is -2.51. The van der Waals surface area contributed by atoms with Crippen LogP contribution in [0.5, 0.6) is 0 Å². The second-order valence-corrected chi connectivity index (χ2v) is 14.6. The van der Waals surface area contributed by atoms with Gasteiger partial charge in [0.25, 0.3) is 10.1 Å².